The maximum atomic E-state index is 12.5. The highest BCUT2D eigenvalue weighted by Gasteiger charge is 2.37. The molecule has 9 heteroatoms. The molecule has 1 aromatic carbocycles. The van der Waals surface area contributed by atoms with Crippen molar-refractivity contribution in [3.8, 4) is 5.75 Å². The molecular formula is C18H17BrN6O2. The number of likely N-dealkylation sites (N-methyl/N-ethyl adjacent to an activating group) is 1. The van der Waals surface area contributed by atoms with Crippen molar-refractivity contribution in [1.82, 2.24) is 19.3 Å². The summed E-state index contributed by atoms with van der Waals surface area (Å²) in [6.45, 7) is 1.73. The Morgan fingerprint density at radius 2 is 2.26 bits per heavy atom. The first-order chi connectivity index (χ1) is 13.1. The third-order valence-corrected chi connectivity index (χ3v) is 5.20. The number of aromatic nitrogens is 3. The lowest BCUT2D eigenvalue weighted by molar-refractivity contribution is -0.122. The van der Waals surface area contributed by atoms with Gasteiger partial charge in [0.15, 0.2) is 11.5 Å². The average Bonchev–Trinajstić information content (AvgIpc) is 3.09. The number of nitrogens with one attached hydrogen (secondary N) is 1. The molecule has 1 saturated heterocycles. The number of amides is 1. The van der Waals surface area contributed by atoms with Gasteiger partial charge in [-0.3, -0.25) is 9.69 Å². The summed E-state index contributed by atoms with van der Waals surface area (Å²) in [5.74, 6) is 1.44. The lowest BCUT2D eigenvalue weighted by Crippen LogP contribution is -2.59. The van der Waals surface area contributed by atoms with Crippen LogP contribution in [-0.4, -0.2) is 58.0 Å². The minimum Gasteiger partial charge on any atom is -0.489 e. The van der Waals surface area contributed by atoms with Crippen molar-refractivity contribution in [2.75, 3.05) is 37.0 Å². The fourth-order valence-electron chi connectivity index (χ4n) is 3.69. The van der Waals surface area contributed by atoms with E-state index < -0.39 is 0 Å². The smallest absolute Gasteiger partial charge is 0.241 e. The molecule has 2 aliphatic heterocycles. The fraction of sp³-hybridized carbons (Fsp3) is 0.278. The molecule has 0 bridgehead atoms. The minimum absolute atomic E-state index is 0.0545. The van der Waals surface area contributed by atoms with Gasteiger partial charge in [-0.15, -0.1) is 0 Å². The van der Waals surface area contributed by atoms with Gasteiger partial charge in [0.25, 0.3) is 0 Å². The van der Waals surface area contributed by atoms with Gasteiger partial charge in [-0.05, 0) is 35.1 Å². The third-order valence-electron chi connectivity index (χ3n) is 4.82. The number of piperazine rings is 1. The zero-order valence-electron chi connectivity index (χ0n) is 14.6. The van der Waals surface area contributed by atoms with Crippen molar-refractivity contribution < 1.29 is 9.53 Å². The van der Waals surface area contributed by atoms with Gasteiger partial charge in [0, 0.05) is 36.9 Å². The van der Waals surface area contributed by atoms with Crippen LogP contribution < -0.4 is 15.0 Å². The SMILES string of the molecule is CN1CC(=O)N2c3ccc(Nc4nc(Br)cn5ccnc45)cc3OCC2C1. The van der Waals surface area contributed by atoms with E-state index in [9.17, 15) is 4.79 Å². The number of hydrogen-bond donors (Lipinski definition) is 1. The van der Waals surface area contributed by atoms with Crippen LogP contribution in [0, 0.1) is 0 Å². The fourth-order valence-corrected chi connectivity index (χ4v) is 4.09. The van der Waals surface area contributed by atoms with E-state index in [2.05, 4.69) is 31.2 Å². The number of nitrogens with zero attached hydrogens (tertiary/aromatic N) is 5. The highest BCUT2D eigenvalue weighted by Crippen LogP contribution is 2.38. The van der Waals surface area contributed by atoms with E-state index >= 15 is 0 Å². The number of carbonyl (C=O) groups is 1. The van der Waals surface area contributed by atoms with Crippen LogP contribution in [-0.2, 0) is 4.79 Å². The summed E-state index contributed by atoms with van der Waals surface area (Å²) >= 11 is 3.42. The Morgan fingerprint density at radius 1 is 1.37 bits per heavy atom. The largest absolute Gasteiger partial charge is 0.489 e. The normalized spacial score (nSPS) is 19.6. The van der Waals surface area contributed by atoms with Gasteiger partial charge < -0.3 is 19.4 Å². The van der Waals surface area contributed by atoms with E-state index in [4.69, 9.17) is 4.74 Å². The van der Waals surface area contributed by atoms with Crippen LogP contribution in [0.4, 0.5) is 17.2 Å². The van der Waals surface area contributed by atoms with Crippen molar-refractivity contribution in [3.63, 3.8) is 0 Å². The first-order valence-electron chi connectivity index (χ1n) is 8.62. The molecular weight excluding hydrogens is 412 g/mol. The molecule has 2 aliphatic rings. The summed E-state index contributed by atoms with van der Waals surface area (Å²) in [5.41, 5.74) is 2.37. The summed E-state index contributed by atoms with van der Waals surface area (Å²) in [6.07, 6.45) is 5.44. The van der Waals surface area contributed by atoms with Crippen molar-refractivity contribution in [2.24, 2.45) is 0 Å². The van der Waals surface area contributed by atoms with Crippen molar-refractivity contribution in [1.29, 1.82) is 0 Å². The molecule has 3 aromatic rings. The summed E-state index contributed by atoms with van der Waals surface area (Å²) < 4.78 is 8.55. The number of fused-ring (bicyclic) bond motifs is 4. The maximum absolute atomic E-state index is 12.5. The highest BCUT2D eigenvalue weighted by atomic mass is 79.9. The second-order valence-electron chi connectivity index (χ2n) is 6.80. The van der Waals surface area contributed by atoms with E-state index in [0.29, 0.717) is 29.3 Å². The molecule has 0 aliphatic carbocycles. The molecule has 1 atom stereocenters. The first-order valence-corrected chi connectivity index (χ1v) is 9.41. The van der Waals surface area contributed by atoms with Crippen LogP contribution >= 0.6 is 15.9 Å². The Hall–Kier alpha value is -2.65. The molecule has 0 radical (unpaired) electrons. The topological polar surface area (TPSA) is 75.0 Å². The van der Waals surface area contributed by atoms with E-state index in [0.717, 1.165) is 23.6 Å². The summed E-state index contributed by atoms with van der Waals surface area (Å²) in [6, 6.07) is 5.81. The molecule has 1 N–H and O–H groups in total. The highest BCUT2D eigenvalue weighted by molar-refractivity contribution is 9.10. The number of imidazole rings is 1. The number of rotatable bonds is 2. The molecule has 8 nitrogen and oxygen atoms in total. The predicted molar refractivity (Wildman–Crippen MR) is 105 cm³/mol. The molecule has 0 saturated carbocycles. The zero-order chi connectivity index (χ0) is 18.5. The quantitative estimate of drug-likeness (QED) is 0.674. The van der Waals surface area contributed by atoms with Crippen LogP contribution in [0.2, 0.25) is 0 Å². The molecule has 5 rings (SSSR count). The molecule has 1 fully saturated rings. The molecule has 0 spiro atoms. The van der Waals surface area contributed by atoms with Crippen molar-refractivity contribution in [2.45, 2.75) is 6.04 Å². The Kier molecular flexibility index (Phi) is 3.80. The van der Waals surface area contributed by atoms with Crippen LogP contribution in [0.25, 0.3) is 5.65 Å². The standard InChI is InChI=1S/C18H17BrN6O2/c1-23-7-12-10-27-14-6-11(2-3-13(14)25(12)16(26)9-23)21-17-18-20-4-5-24(18)8-15(19)22-17/h2-6,8,12H,7,9-10H2,1H3,(H,21,22). The Morgan fingerprint density at radius 3 is 3.15 bits per heavy atom. The molecule has 27 heavy (non-hydrogen) atoms. The summed E-state index contributed by atoms with van der Waals surface area (Å²) in [7, 11) is 1.96. The monoisotopic (exact) mass is 428 g/mol. The zero-order valence-corrected chi connectivity index (χ0v) is 16.2. The van der Waals surface area contributed by atoms with E-state index in [1.165, 1.54) is 0 Å². The molecule has 138 valence electrons. The summed E-state index contributed by atoms with van der Waals surface area (Å²) in [5, 5.41) is 3.30. The Bertz CT molecular complexity index is 1050. The third kappa shape index (κ3) is 2.83. The molecule has 1 amide bonds. The minimum atomic E-state index is 0.0545. The second-order valence-corrected chi connectivity index (χ2v) is 7.62. The number of carbonyl (C=O) groups excluding carboxylic acids is 1. The lowest BCUT2D eigenvalue weighted by Gasteiger charge is -2.43. The van der Waals surface area contributed by atoms with E-state index in [1.807, 2.05) is 51.8 Å². The van der Waals surface area contributed by atoms with Crippen molar-refractivity contribution in [3.05, 3.63) is 41.4 Å². The number of ether oxygens (including phenoxy) is 1. The van der Waals surface area contributed by atoms with Gasteiger partial charge in [0.05, 0.1) is 18.3 Å². The Labute approximate surface area is 163 Å². The van der Waals surface area contributed by atoms with E-state index in [1.54, 1.807) is 6.20 Å². The van der Waals surface area contributed by atoms with Crippen LogP contribution in [0.5, 0.6) is 5.75 Å². The second kappa shape index (κ2) is 6.21. The van der Waals surface area contributed by atoms with Gasteiger partial charge in [0.1, 0.15) is 17.0 Å². The number of benzene rings is 1. The molecule has 4 heterocycles. The predicted octanol–water partition coefficient (Wildman–Crippen LogP) is 2.27. The number of hydrogen-bond acceptors (Lipinski definition) is 6. The summed E-state index contributed by atoms with van der Waals surface area (Å²) in [4.78, 5) is 25.2. The molecule has 1 unspecified atom stereocenters. The number of anilines is 3. The van der Waals surface area contributed by atoms with Crippen LogP contribution in [0.3, 0.4) is 0 Å². The van der Waals surface area contributed by atoms with Gasteiger partial charge in [0.2, 0.25) is 5.91 Å². The van der Waals surface area contributed by atoms with Gasteiger partial charge >= 0.3 is 0 Å². The van der Waals surface area contributed by atoms with Gasteiger partial charge in [-0.2, -0.15) is 0 Å². The Balaban J connectivity index is 1.48. The first kappa shape index (κ1) is 16.5. The van der Waals surface area contributed by atoms with Crippen molar-refractivity contribution >= 4 is 44.7 Å². The van der Waals surface area contributed by atoms with E-state index in [-0.39, 0.29) is 11.9 Å². The van der Waals surface area contributed by atoms with Gasteiger partial charge in [-0.25, -0.2) is 9.97 Å². The van der Waals surface area contributed by atoms with Gasteiger partial charge in [-0.1, -0.05) is 0 Å². The molecule has 2 aromatic heterocycles. The van der Waals surface area contributed by atoms with Crippen LogP contribution in [0.1, 0.15) is 0 Å². The number of halogens is 1. The lowest BCUT2D eigenvalue weighted by atomic mass is 10.1. The van der Waals surface area contributed by atoms with Crippen LogP contribution in [0.15, 0.2) is 41.4 Å². The maximum Gasteiger partial charge on any atom is 0.241 e. The average molecular weight is 429 g/mol.